The van der Waals surface area contributed by atoms with Crippen molar-refractivity contribution in [3.63, 3.8) is 0 Å². The topological polar surface area (TPSA) is 118 Å². The molecule has 3 aromatic carbocycles. The number of rotatable bonds is 6. The number of aromatic amines is 1. The fraction of sp³-hybridized carbons (Fsp3) is 0.167. The largest absolute Gasteiger partial charge is 0.503 e. The molecule has 196 valence electrons. The molecule has 1 amide bonds. The first kappa shape index (κ1) is 24.3. The number of imidazole rings is 1. The number of furan rings is 1. The van der Waals surface area contributed by atoms with Crippen LogP contribution < -0.4 is 14.4 Å². The van der Waals surface area contributed by atoms with Gasteiger partial charge in [-0.2, -0.15) is 0 Å². The summed E-state index contributed by atoms with van der Waals surface area (Å²) in [5.74, 6) is -0.894. The Bertz CT molecular complexity index is 1790. The van der Waals surface area contributed by atoms with Crippen molar-refractivity contribution in [1.29, 1.82) is 0 Å². The Hall–Kier alpha value is -5.05. The Balaban J connectivity index is 1.52. The summed E-state index contributed by atoms with van der Waals surface area (Å²) in [4.78, 5) is 36.7. The van der Waals surface area contributed by atoms with Crippen LogP contribution in [-0.2, 0) is 4.79 Å². The van der Waals surface area contributed by atoms with Crippen molar-refractivity contribution < 1.29 is 28.6 Å². The van der Waals surface area contributed by atoms with Gasteiger partial charge >= 0.3 is 0 Å². The predicted octanol–water partition coefficient (Wildman–Crippen LogP) is 5.73. The molecule has 0 aliphatic carbocycles. The molecule has 5 aromatic rings. The van der Waals surface area contributed by atoms with Crippen molar-refractivity contribution in [1.82, 2.24) is 9.97 Å². The number of aliphatic hydroxyl groups excluding tert-OH is 1. The maximum atomic E-state index is 14.0. The van der Waals surface area contributed by atoms with Gasteiger partial charge in [0.2, 0.25) is 11.7 Å². The molecule has 2 N–H and O–H groups in total. The van der Waals surface area contributed by atoms with Crippen LogP contribution in [0.2, 0.25) is 0 Å². The summed E-state index contributed by atoms with van der Waals surface area (Å²) >= 11 is 0. The summed E-state index contributed by atoms with van der Waals surface area (Å²) in [5.41, 5.74) is 4.32. The fourth-order valence-electron chi connectivity index (χ4n) is 4.99. The number of fused-ring (bicyclic) bond motifs is 2. The summed E-state index contributed by atoms with van der Waals surface area (Å²) in [6.45, 7) is 3.97. The third-order valence-corrected chi connectivity index (χ3v) is 7.13. The summed E-state index contributed by atoms with van der Waals surface area (Å²) in [7, 11) is 3.04. The molecule has 1 aliphatic rings. The number of para-hydroxylation sites is 1. The standard InChI is InChI=1S/C30H25N3O6/c1-15-11-20-21(12-16(15)2)32-30(31-20)33-25(17-7-5-9-19(13-17)37-3)24(27(35)29(33)36)26(34)23-14-18-8-6-10-22(38-4)28(18)39-23/h5-14,25,35H,1-4H3,(H,31,32). The van der Waals surface area contributed by atoms with Crippen molar-refractivity contribution in [3.05, 3.63) is 94.4 Å². The van der Waals surface area contributed by atoms with Gasteiger partial charge in [-0.3, -0.25) is 14.5 Å². The van der Waals surface area contributed by atoms with Gasteiger partial charge in [0.05, 0.1) is 36.9 Å². The predicted molar refractivity (Wildman–Crippen MR) is 146 cm³/mol. The first-order chi connectivity index (χ1) is 18.8. The Kier molecular flexibility index (Phi) is 5.64. The lowest BCUT2D eigenvalue weighted by molar-refractivity contribution is -0.117. The number of anilines is 1. The first-order valence-corrected chi connectivity index (χ1v) is 12.3. The zero-order chi connectivity index (χ0) is 27.4. The fourth-order valence-corrected chi connectivity index (χ4v) is 4.99. The van der Waals surface area contributed by atoms with E-state index in [-0.39, 0.29) is 17.3 Å². The van der Waals surface area contributed by atoms with Gasteiger partial charge < -0.3 is 24.0 Å². The molecule has 0 spiro atoms. The van der Waals surface area contributed by atoms with E-state index in [1.54, 1.807) is 48.5 Å². The Morgan fingerprint density at radius 3 is 2.56 bits per heavy atom. The molecule has 9 nitrogen and oxygen atoms in total. The van der Waals surface area contributed by atoms with Gasteiger partial charge in [0.15, 0.2) is 22.9 Å². The molecule has 9 heteroatoms. The molecule has 0 radical (unpaired) electrons. The monoisotopic (exact) mass is 523 g/mol. The number of aromatic nitrogens is 2. The van der Waals surface area contributed by atoms with Crippen molar-refractivity contribution in [2.45, 2.75) is 19.9 Å². The third-order valence-electron chi connectivity index (χ3n) is 7.13. The van der Waals surface area contributed by atoms with Crippen LogP contribution in [0.5, 0.6) is 11.5 Å². The molecule has 0 bridgehead atoms. The van der Waals surface area contributed by atoms with E-state index >= 15 is 0 Å². The summed E-state index contributed by atoms with van der Waals surface area (Å²) in [6.07, 6.45) is 0. The van der Waals surface area contributed by atoms with E-state index < -0.39 is 23.5 Å². The van der Waals surface area contributed by atoms with E-state index in [0.29, 0.717) is 33.5 Å². The van der Waals surface area contributed by atoms with E-state index in [1.807, 2.05) is 26.0 Å². The van der Waals surface area contributed by atoms with Gasteiger partial charge in [-0.15, -0.1) is 0 Å². The number of hydrogen-bond acceptors (Lipinski definition) is 7. The zero-order valence-electron chi connectivity index (χ0n) is 21.7. The number of hydrogen-bond donors (Lipinski definition) is 2. The third kappa shape index (κ3) is 3.82. The van der Waals surface area contributed by atoms with Crippen molar-refractivity contribution in [2.24, 2.45) is 0 Å². The number of amides is 1. The van der Waals surface area contributed by atoms with E-state index in [9.17, 15) is 14.7 Å². The summed E-state index contributed by atoms with van der Waals surface area (Å²) in [5, 5.41) is 11.8. The van der Waals surface area contributed by atoms with Crippen LogP contribution in [-0.4, -0.2) is 41.0 Å². The number of aryl methyl sites for hydroxylation is 2. The van der Waals surface area contributed by atoms with Gasteiger partial charge in [-0.05, 0) is 66.9 Å². The number of carbonyl (C=O) groups is 2. The summed E-state index contributed by atoms with van der Waals surface area (Å²) < 4.78 is 16.7. The molecule has 0 saturated carbocycles. The van der Waals surface area contributed by atoms with Crippen LogP contribution in [0, 0.1) is 13.8 Å². The van der Waals surface area contributed by atoms with Crippen molar-refractivity contribution in [2.75, 3.05) is 19.1 Å². The number of Topliss-reactive ketones (excluding diaryl/α,β-unsaturated/α-hetero) is 1. The smallest absolute Gasteiger partial charge is 0.296 e. The van der Waals surface area contributed by atoms with Crippen LogP contribution in [0.15, 0.2) is 76.4 Å². The van der Waals surface area contributed by atoms with Gasteiger partial charge in [0, 0.05) is 5.39 Å². The lowest BCUT2D eigenvalue weighted by Gasteiger charge is -2.24. The highest BCUT2D eigenvalue weighted by Gasteiger charge is 2.46. The van der Waals surface area contributed by atoms with Crippen LogP contribution >= 0.6 is 0 Å². The van der Waals surface area contributed by atoms with Crippen molar-refractivity contribution in [3.8, 4) is 11.5 Å². The highest BCUT2D eigenvalue weighted by Crippen LogP contribution is 2.43. The molecule has 1 unspecified atom stereocenters. The number of nitrogens with one attached hydrogen (secondary N) is 1. The molecular weight excluding hydrogens is 498 g/mol. The number of carbonyl (C=O) groups excluding carboxylic acids is 2. The number of methoxy groups -OCH3 is 2. The van der Waals surface area contributed by atoms with Gasteiger partial charge in [-0.25, -0.2) is 4.98 Å². The Labute approximate surface area is 223 Å². The number of H-pyrrole nitrogens is 1. The van der Waals surface area contributed by atoms with Gasteiger partial charge in [0.1, 0.15) is 5.75 Å². The second-order valence-corrected chi connectivity index (χ2v) is 9.45. The van der Waals surface area contributed by atoms with Crippen molar-refractivity contribution >= 4 is 39.6 Å². The lowest BCUT2D eigenvalue weighted by atomic mass is 9.95. The molecule has 0 saturated heterocycles. The SMILES string of the molecule is COc1cccc(C2C(C(=O)c3cc4cccc(OC)c4o3)=C(O)C(=O)N2c2nc3cc(C)c(C)cc3[nH]2)c1. The van der Waals surface area contributed by atoms with Crippen LogP contribution in [0.4, 0.5) is 5.95 Å². The van der Waals surface area contributed by atoms with Crippen LogP contribution in [0.3, 0.4) is 0 Å². The Morgan fingerprint density at radius 1 is 1.03 bits per heavy atom. The number of ketones is 1. The maximum absolute atomic E-state index is 14.0. The zero-order valence-corrected chi connectivity index (χ0v) is 21.7. The number of ether oxygens (including phenoxy) is 2. The molecule has 6 rings (SSSR count). The lowest BCUT2D eigenvalue weighted by Crippen LogP contribution is -2.32. The minimum atomic E-state index is -1.00. The van der Waals surface area contributed by atoms with Crippen LogP contribution in [0.1, 0.15) is 33.3 Å². The molecule has 3 heterocycles. The molecule has 1 aliphatic heterocycles. The first-order valence-electron chi connectivity index (χ1n) is 12.3. The second-order valence-electron chi connectivity index (χ2n) is 9.45. The van der Waals surface area contributed by atoms with E-state index in [4.69, 9.17) is 13.9 Å². The average molecular weight is 524 g/mol. The molecule has 2 aromatic heterocycles. The highest BCUT2D eigenvalue weighted by molar-refractivity contribution is 6.20. The number of aliphatic hydroxyl groups is 1. The molecule has 0 fully saturated rings. The van der Waals surface area contributed by atoms with Crippen LogP contribution in [0.25, 0.3) is 22.0 Å². The van der Waals surface area contributed by atoms with E-state index in [2.05, 4.69) is 9.97 Å². The number of benzene rings is 3. The molecular formula is C30H25N3O6. The van der Waals surface area contributed by atoms with E-state index in [1.165, 1.54) is 19.1 Å². The minimum absolute atomic E-state index is 0.0329. The quantitative estimate of drug-likeness (QED) is 0.273. The minimum Gasteiger partial charge on any atom is -0.503 e. The highest BCUT2D eigenvalue weighted by atomic mass is 16.5. The molecule has 39 heavy (non-hydrogen) atoms. The molecule has 1 atom stereocenters. The summed E-state index contributed by atoms with van der Waals surface area (Å²) in [6, 6.07) is 16.7. The average Bonchev–Trinajstić information content (AvgIpc) is 3.62. The van der Waals surface area contributed by atoms with Gasteiger partial charge in [-0.1, -0.05) is 24.3 Å². The number of nitrogens with zero attached hydrogens (tertiary/aromatic N) is 2. The van der Waals surface area contributed by atoms with Gasteiger partial charge in [0.25, 0.3) is 5.91 Å². The second kappa shape index (κ2) is 9.05. The Morgan fingerprint density at radius 2 is 1.79 bits per heavy atom. The van der Waals surface area contributed by atoms with E-state index in [0.717, 1.165) is 16.6 Å². The maximum Gasteiger partial charge on any atom is 0.296 e. The normalized spacial score (nSPS) is 15.5.